The van der Waals surface area contributed by atoms with E-state index in [9.17, 15) is 43.2 Å². The second kappa shape index (κ2) is 81.4. The molecule has 0 saturated heterocycles. The van der Waals surface area contributed by atoms with E-state index in [1.54, 1.807) is 0 Å². The number of hydrogen-bond acceptors (Lipinski definition) is 15. The van der Waals surface area contributed by atoms with Gasteiger partial charge in [0.1, 0.15) is 19.3 Å². The molecule has 17 nitrogen and oxygen atoms in total. The molecule has 0 spiro atoms. The van der Waals surface area contributed by atoms with Gasteiger partial charge in [-0.15, -0.1) is 0 Å². The number of hydrogen-bond donors (Lipinski definition) is 3. The van der Waals surface area contributed by atoms with E-state index in [0.29, 0.717) is 25.7 Å². The van der Waals surface area contributed by atoms with E-state index in [2.05, 4.69) is 198 Å². The number of unbranched alkanes of at least 4 members (excludes halogenated alkanes) is 24. The van der Waals surface area contributed by atoms with Gasteiger partial charge in [0.05, 0.1) is 26.4 Å². The Kier molecular flexibility index (Phi) is 77.3. The van der Waals surface area contributed by atoms with Gasteiger partial charge in [0.2, 0.25) is 0 Å². The lowest BCUT2D eigenvalue weighted by molar-refractivity contribution is -0.161. The number of phosphoric acid groups is 2. The molecule has 0 fully saturated rings. The van der Waals surface area contributed by atoms with Gasteiger partial charge in [0.15, 0.2) is 12.2 Å². The Morgan fingerprint density at radius 3 is 0.764 bits per heavy atom. The van der Waals surface area contributed by atoms with Crippen molar-refractivity contribution >= 4 is 39.5 Å². The highest BCUT2D eigenvalue weighted by molar-refractivity contribution is 7.47. The number of aliphatic hydroxyl groups is 1. The van der Waals surface area contributed by atoms with E-state index in [4.69, 9.17) is 37.0 Å². The molecule has 3 N–H and O–H groups in total. The summed E-state index contributed by atoms with van der Waals surface area (Å²) >= 11 is 0. The minimum atomic E-state index is -5.00. The molecular formula is C91H150O17P2. The van der Waals surface area contributed by atoms with Crippen LogP contribution in [0.25, 0.3) is 0 Å². The highest BCUT2D eigenvalue weighted by atomic mass is 31.2. The van der Waals surface area contributed by atoms with E-state index in [-0.39, 0.29) is 25.7 Å². The molecule has 626 valence electrons. The number of phosphoric ester groups is 2. The summed E-state index contributed by atoms with van der Waals surface area (Å²) in [6, 6.07) is 0. The second-order valence-electron chi connectivity index (χ2n) is 27.6. The Morgan fingerprint density at radius 1 is 0.264 bits per heavy atom. The first-order valence-corrected chi connectivity index (χ1v) is 45.4. The van der Waals surface area contributed by atoms with Crippen LogP contribution in [-0.2, 0) is 65.4 Å². The summed E-state index contributed by atoms with van der Waals surface area (Å²) in [6.45, 7) is 4.52. The van der Waals surface area contributed by atoms with Crippen LogP contribution < -0.4 is 0 Å². The molecule has 0 aromatic carbocycles. The molecule has 0 aromatic rings. The van der Waals surface area contributed by atoms with Crippen molar-refractivity contribution in [2.45, 2.75) is 341 Å². The molecule has 0 aliphatic carbocycles. The number of rotatable bonds is 78. The van der Waals surface area contributed by atoms with Gasteiger partial charge in [-0.2, -0.15) is 0 Å². The summed E-state index contributed by atoms with van der Waals surface area (Å²) in [5, 5.41) is 10.7. The number of carbonyl (C=O) groups is 4. The maximum absolute atomic E-state index is 13.1. The van der Waals surface area contributed by atoms with Crippen molar-refractivity contribution < 1.29 is 80.2 Å². The largest absolute Gasteiger partial charge is 0.472 e. The maximum Gasteiger partial charge on any atom is 0.472 e. The van der Waals surface area contributed by atoms with Crippen LogP contribution >= 0.6 is 15.6 Å². The molecule has 5 unspecified atom stereocenters. The molecule has 0 saturated carbocycles. The molecule has 0 bridgehead atoms. The van der Waals surface area contributed by atoms with Crippen molar-refractivity contribution in [2.75, 3.05) is 39.6 Å². The molecule has 0 heterocycles. The fourth-order valence-electron chi connectivity index (χ4n) is 10.7. The molecule has 0 aliphatic rings. The Balaban J connectivity index is 5.46. The molecule has 0 radical (unpaired) electrons. The monoisotopic (exact) mass is 1580 g/mol. The number of allylic oxidation sites excluding steroid dienone is 28. The Labute approximate surface area is 667 Å². The minimum absolute atomic E-state index is 0.0663. The summed E-state index contributed by atoms with van der Waals surface area (Å²) < 4.78 is 68.7. The van der Waals surface area contributed by atoms with Gasteiger partial charge in [-0.05, 0) is 180 Å². The Morgan fingerprint density at radius 2 is 0.473 bits per heavy atom. The van der Waals surface area contributed by atoms with Crippen molar-refractivity contribution in [3.8, 4) is 0 Å². The van der Waals surface area contributed by atoms with Crippen LogP contribution in [0.2, 0.25) is 0 Å². The third-order valence-corrected chi connectivity index (χ3v) is 19.0. The first kappa shape index (κ1) is 104. The van der Waals surface area contributed by atoms with Crippen LogP contribution in [0.4, 0.5) is 0 Å². The highest BCUT2D eigenvalue weighted by Crippen LogP contribution is 2.45. The number of ether oxygens (including phenoxy) is 4. The van der Waals surface area contributed by atoms with Gasteiger partial charge in [0, 0.05) is 25.7 Å². The van der Waals surface area contributed by atoms with Gasteiger partial charge >= 0.3 is 39.5 Å². The Hall–Kier alpha value is -5.58. The fraction of sp³-hybridized carbons (Fsp3) is 0.648. The van der Waals surface area contributed by atoms with Gasteiger partial charge in [-0.1, -0.05) is 288 Å². The predicted octanol–water partition coefficient (Wildman–Crippen LogP) is 25.3. The zero-order valence-corrected chi connectivity index (χ0v) is 70.4. The summed E-state index contributed by atoms with van der Waals surface area (Å²) in [5.41, 5.74) is 0. The molecular weight excluding hydrogens is 1430 g/mol. The van der Waals surface area contributed by atoms with Crippen LogP contribution in [0.5, 0.6) is 0 Å². The zero-order chi connectivity index (χ0) is 80.3. The van der Waals surface area contributed by atoms with Crippen molar-refractivity contribution in [1.82, 2.24) is 0 Å². The van der Waals surface area contributed by atoms with E-state index in [0.717, 1.165) is 199 Å². The third kappa shape index (κ3) is 80.5. The average molecular weight is 1580 g/mol. The van der Waals surface area contributed by atoms with E-state index < -0.39 is 97.5 Å². The van der Waals surface area contributed by atoms with Crippen LogP contribution in [0.15, 0.2) is 170 Å². The van der Waals surface area contributed by atoms with Crippen molar-refractivity contribution in [3.63, 3.8) is 0 Å². The lowest BCUT2D eigenvalue weighted by atomic mass is 10.1. The van der Waals surface area contributed by atoms with Crippen LogP contribution in [0.3, 0.4) is 0 Å². The van der Waals surface area contributed by atoms with Gasteiger partial charge < -0.3 is 33.8 Å². The standard InChI is InChI=1S/C91H150O17P2/c1-5-9-13-17-21-25-29-33-36-39-42-45-48-52-55-59-63-67-71-75-88(93)101-81-86(107-90(95)77-73-69-65-61-57-51-32-28-24-20-16-12-8-4)83-105-109(97,98)103-79-85(92)80-104-110(99,100)106-84-87(108-91(96)78-74-70-66-62-58-54-50-47-44-41-38-35-31-27-23-19-15-11-7-3)82-102-89(94)76-72-68-64-60-56-53-49-46-43-40-37-34-30-26-22-18-14-10-6-2/h9-10,13-14,21-23,25-28,32-38,42-47,52-53,55-56,85-87,92H,5-8,11-12,15-20,24,29-31,39-41,48-51,54,57-84H2,1-4H3,(H,97,98)(H,99,100)/b13-9-,14-10-,25-21-,26-22-,27-23-,32-28-,36-33-,37-34-,38-35-,45-42-,46-43-,47-44-,55-52-,56-53-. The van der Waals surface area contributed by atoms with Crippen molar-refractivity contribution in [1.29, 1.82) is 0 Å². The highest BCUT2D eigenvalue weighted by Gasteiger charge is 2.30. The van der Waals surface area contributed by atoms with Gasteiger partial charge in [0.25, 0.3) is 0 Å². The first-order chi connectivity index (χ1) is 53.7. The molecule has 0 rings (SSSR count). The number of aliphatic hydroxyl groups excluding tert-OH is 1. The average Bonchev–Trinajstić information content (AvgIpc) is 0.942. The number of esters is 4. The zero-order valence-electron chi connectivity index (χ0n) is 68.6. The third-order valence-electron chi connectivity index (χ3n) is 17.1. The number of carbonyl (C=O) groups excluding carboxylic acids is 4. The van der Waals surface area contributed by atoms with Crippen LogP contribution in [-0.4, -0.2) is 96.7 Å². The fourth-order valence-corrected chi connectivity index (χ4v) is 12.3. The van der Waals surface area contributed by atoms with E-state index >= 15 is 0 Å². The topological polar surface area (TPSA) is 237 Å². The van der Waals surface area contributed by atoms with E-state index in [1.807, 2.05) is 0 Å². The Bertz CT molecular complexity index is 2750. The predicted molar refractivity (Wildman–Crippen MR) is 454 cm³/mol. The normalized spacial score (nSPS) is 14.6. The molecule has 19 heteroatoms. The van der Waals surface area contributed by atoms with Gasteiger partial charge in [-0.25, -0.2) is 9.13 Å². The molecule has 0 aromatic heterocycles. The second-order valence-corrected chi connectivity index (χ2v) is 30.6. The van der Waals surface area contributed by atoms with Gasteiger partial charge in [-0.3, -0.25) is 37.3 Å². The quantitative estimate of drug-likeness (QED) is 0.0169. The summed E-state index contributed by atoms with van der Waals surface area (Å²) in [7, 11) is -10.0. The molecule has 0 aliphatic heterocycles. The lowest BCUT2D eigenvalue weighted by Crippen LogP contribution is -2.30. The summed E-state index contributed by atoms with van der Waals surface area (Å²) in [6.07, 6.45) is 97.4. The lowest BCUT2D eigenvalue weighted by Gasteiger charge is -2.21. The smallest absolute Gasteiger partial charge is 0.462 e. The molecule has 0 amide bonds. The molecule has 110 heavy (non-hydrogen) atoms. The summed E-state index contributed by atoms with van der Waals surface area (Å²) in [5.74, 6) is -2.28. The van der Waals surface area contributed by atoms with Crippen molar-refractivity contribution in [3.05, 3.63) is 170 Å². The SMILES string of the molecule is CC/C=C\C/C=C\C/C=C\C/C=C\C/C=C\CCCCCC(=O)OCC(COP(=O)(O)OCC(O)COP(=O)(O)OCC(COC(=O)CCCCC/C=C\C/C=C\C/C=C\C/C=C\C/C=C\CC)OC(=O)CCCCCCCC/C=C\C/C=C\C/C=C\CCCCC)OC(=O)CCCCCCC/C=C\CCCCCC. The first-order valence-electron chi connectivity index (χ1n) is 42.4. The summed E-state index contributed by atoms with van der Waals surface area (Å²) in [4.78, 5) is 73.2. The maximum atomic E-state index is 13.1. The molecule has 5 atom stereocenters. The van der Waals surface area contributed by atoms with Crippen LogP contribution in [0, 0.1) is 0 Å². The van der Waals surface area contributed by atoms with Crippen molar-refractivity contribution in [2.24, 2.45) is 0 Å². The van der Waals surface area contributed by atoms with E-state index in [1.165, 1.54) is 44.9 Å². The minimum Gasteiger partial charge on any atom is -0.462 e. The van der Waals surface area contributed by atoms with Crippen LogP contribution in [0.1, 0.15) is 323 Å².